The highest BCUT2D eigenvalue weighted by Gasteiger charge is 2.44. The van der Waals surface area contributed by atoms with Crippen LogP contribution in [-0.4, -0.2) is 40.7 Å². The van der Waals surface area contributed by atoms with Gasteiger partial charge in [-0.3, -0.25) is 9.89 Å². The number of hydrogen-bond acceptors (Lipinski definition) is 3. The average Bonchev–Trinajstić information content (AvgIpc) is 3.27. The van der Waals surface area contributed by atoms with E-state index in [0.29, 0.717) is 17.9 Å². The van der Waals surface area contributed by atoms with Crippen molar-refractivity contribution in [3.05, 3.63) is 47.3 Å². The first-order valence-corrected chi connectivity index (χ1v) is 9.77. The van der Waals surface area contributed by atoms with Gasteiger partial charge in [0.05, 0.1) is 18.4 Å². The van der Waals surface area contributed by atoms with Gasteiger partial charge in [-0.05, 0) is 49.8 Å². The maximum atomic E-state index is 13.3. The lowest BCUT2D eigenvalue weighted by Gasteiger charge is -2.40. The number of carbonyl (C=O) groups excluding carboxylic acids is 1. The molecule has 1 amide bonds. The van der Waals surface area contributed by atoms with Crippen molar-refractivity contribution in [2.45, 2.75) is 50.9 Å². The second-order valence-corrected chi connectivity index (χ2v) is 7.58. The number of piperidine rings is 1. The van der Waals surface area contributed by atoms with E-state index in [1.54, 1.807) is 0 Å². The molecule has 1 atom stereocenters. The molecule has 138 valence electrons. The molecular weight excluding hydrogens is 326 g/mol. The van der Waals surface area contributed by atoms with E-state index in [0.717, 1.165) is 51.6 Å². The lowest BCUT2D eigenvalue weighted by atomic mass is 9.77. The number of hydrogen-bond donors (Lipinski definition) is 1. The molecule has 0 saturated carbocycles. The molecule has 1 spiro atoms. The number of benzene rings is 1. The van der Waals surface area contributed by atoms with E-state index in [1.807, 2.05) is 35.4 Å². The van der Waals surface area contributed by atoms with Crippen molar-refractivity contribution in [1.82, 2.24) is 15.1 Å². The number of nitrogens with one attached hydrogen (secondary N) is 1. The molecule has 1 N–H and O–H groups in total. The molecule has 1 saturated heterocycles. The number of aryl methyl sites for hydroxylation is 1. The smallest absolute Gasteiger partial charge is 0.257 e. The zero-order valence-electron chi connectivity index (χ0n) is 15.5. The summed E-state index contributed by atoms with van der Waals surface area (Å²) >= 11 is 0. The molecule has 0 radical (unpaired) electrons. The van der Waals surface area contributed by atoms with Crippen LogP contribution >= 0.6 is 0 Å². The third-order valence-corrected chi connectivity index (χ3v) is 5.86. The van der Waals surface area contributed by atoms with Crippen LogP contribution in [0.25, 0.3) is 0 Å². The summed E-state index contributed by atoms with van der Waals surface area (Å²) in [6, 6.07) is 7.65. The number of amides is 1. The molecule has 1 fully saturated rings. The standard InChI is InChI=1S/C21H27N3O2/c1-2-3-13-26-18-8-5-4-7-17(18)20(25)24-12-6-10-21(15-24)11-9-16-14-22-23-19(16)21/h4-5,7-8,14H,2-3,6,9-13,15H2,1H3,(H,22,23). The Morgan fingerprint density at radius 3 is 3.12 bits per heavy atom. The number of aromatic nitrogens is 2. The van der Waals surface area contributed by atoms with Gasteiger partial charge in [-0.2, -0.15) is 5.10 Å². The molecule has 5 heteroatoms. The van der Waals surface area contributed by atoms with Crippen LogP contribution in [0, 0.1) is 0 Å². The van der Waals surface area contributed by atoms with E-state index < -0.39 is 0 Å². The van der Waals surface area contributed by atoms with E-state index in [4.69, 9.17) is 4.74 Å². The van der Waals surface area contributed by atoms with Crippen LogP contribution in [0.15, 0.2) is 30.5 Å². The number of fused-ring (bicyclic) bond motifs is 2. The fraction of sp³-hybridized carbons (Fsp3) is 0.524. The van der Waals surface area contributed by atoms with Crippen molar-refractivity contribution in [2.24, 2.45) is 0 Å². The van der Waals surface area contributed by atoms with Crippen molar-refractivity contribution < 1.29 is 9.53 Å². The summed E-state index contributed by atoms with van der Waals surface area (Å²) in [5.41, 5.74) is 3.31. The number of para-hydroxylation sites is 1. The normalized spacial score (nSPS) is 21.8. The van der Waals surface area contributed by atoms with Gasteiger partial charge in [-0.15, -0.1) is 0 Å². The summed E-state index contributed by atoms with van der Waals surface area (Å²) < 4.78 is 5.89. The Labute approximate surface area is 154 Å². The summed E-state index contributed by atoms with van der Waals surface area (Å²) in [4.78, 5) is 15.3. The number of unbranched alkanes of at least 4 members (excludes halogenated alkanes) is 1. The van der Waals surface area contributed by atoms with Crippen LogP contribution in [0.4, 0.5) is 0 Å². The van der Waals surface area contributed by atoms with Crippen molar-refractivity contribution in [2.75, 3.05) is 19.7 Å². The number of ether oxygens (including phenoxy) is 1. The fourth-order valence-electron chi connectivity index (χ4n) is 4.44. The van der Waals surface area contributed by atoms with E-state index in [-0.39, 0.29) is 11.3 Å². The van der Waals surface area contributed by atoms with Gasteiger partial charge in [-0.25, -0.2) is 0 Å². The van der Waals surface area contributed by atoms with E-state index in [1.165, 1.54) is 11.3 Å². The Morgan fingerprint density at radius 1 is 1.35 bits per heavy atom. The highest BCUT2D eigenvalue weighted by molar-refractivity contribution is 5.97. The number of carbonyl (C=O) groups is 1. The van der Waals surface area contributed by atoms with Crippen LogP contribution in [0.1, 0.15) is 60.6 Å². The van der Waals surface area contributed by atoms with Gasteiger partial charge in [0.25, 0.3) is 5.91 Å². The topological polar surface area (TPSA) is 58.2 Å². The lowest BCUT2D eigenvalue weighted by Crippen LogP contribution is -2.47. The zero-order chi connectivity index (χ0) is 18.0. The number of H-pyrrole nitrogens is 1. The first-order valence-electron chi connectivity index (χ1n) is 9.77. The van der Waals surface area contributed by atoms with Gasteiger partial charge >= 0.3 is 0 Å². The molecule has 1 aromatic carbocycles. The number of aromatic amines is 1. The quantitative estimate of drug-likeness (QED) is 0.834. The van der Waals surface area contributed by atoms with Gasteiger partial charge in [0.1, 0.15) is 5.75 Å². The highest BCUT2D eigenvalue weighted by Crippen LogP contribution is 2.44. The summed E-state index contributed by atoms with van der Waals surface area (Å²) in [7, 11) is 0. The molecule has 1 unspecified atom stereocenters. The molecule has 4 rings (SSSR count). The second kappa shape index (κ2) is 7.14. The maximum absolute atomic E-state index is 13.3. The summed E-state index contributed by atoms with van der Waals surface area (Å²) in [5.74, 6) is 0.795. The van der Waals surface area contributed by atoms with Crippen molar-refractivity contribution in [1.29, 1.82) is 0 Å². The molecule has 26 heavy (non-hydrogen) atoms. The van der Waals surface area contributed by atoms with E-state index >= 15 is 0 Å². The second-order valence-electron chi connectivity index (χ2n) is 7.58. The molecule has 1 aliphatic heterocycles. The first-order chi connectivity index (χ1) is 12.7. The summed E-state index contributed by atoms with van der Waals surface area (Å²) in [6.45, 7) is 4.37. The molecule has 1 aliphatic carbocycles. The minimum absolute atomic E-state index is 0.0533. The Hall–Kier alpha value is -2.30. The molecule has 2 heterocycles. The molecule has 2 aromatic rings. The molecule has 0 bridgehead atoms. The first kappa shape index (κ1) is 17.1. The molecular formula is C21H27N3O2. The van der Waals surface area contributed by atoms with Gasteiger partial charge in [0.2, 0.25) is 0 Å². The predicted octanol–water partition coefficient (Wildman–Crippen LogP) is 3.71. The minimum atomic E-state index is 0.0533. The van der Waals surface area contributed by atoms with Crippen LogP contribution in [-0.2, 0) is 11.8 Å². The highest BCUT2D eigenvalue weighted by atomic mass is 16.5. The SMILES string of the molecule is CCCCOc1ccccc1C(=O)N1CCCC2(CCc3cn[nH]c32)C1. The Balaban J connectivity index is 1.54. The maximum Gasteiger partial charge on any atom is 0.257 e. The van der Waals surface area contributed by atoms with E-state index in [9.17, 15) is 4.79 Å². The summed E-state index contributed by atoms with van der Waals surface area (Å²) in [6.07, 6.45) is 8.35. The van der Waals surface area contributed by atoms with E-state index in [2.05, 4.69) is 17.1 Å². The average molecular weight is 353 g/mol. The van der Waals surface area contributed by atoms with Crippen molar-refractivity contribution in [3.8, 4) is 5.75 Å². The Kier molecular flexibility index (Phi) is 4.70. The zero-order valence-corrected chi connectivity index (χ0v) is 15.5. The lowest BCUT2D eigenvalue weighted by molar-refractivity contribution is 0.0628. The molecule has 2 aliphatic rings. The van der Waals surface area contributed by atoms with Gasteiger partial charge in [-0.1, -0.05) is 25.5 Å². The summed E-state index contributed by atoms with van der Waals surface area (Å²) in [5, 5.41) is 7.44. The van der Waals surface area contributed by atoms with Crippen LogP contribution in [0.2, 0.25) is 0 Å². The van der Waals surface area contributed by atoms with Crippen molar-refractivity contribution >= 4 is 5.91 Å². The monoisotopic (exact) mass is 353 g/mol. The van der Waals surface area contributed by atoms with Crippen LogP contribution < -0.4 is 4.74 Å². The largest absolute Gasteiger partial charge is 0.493 e. The van der Waals surface area contributed by atoms with Crippen LogP contribution in [0.5, 0.6) is 5.75 Å². The molecule has 1 aromatic heterocycles. The van der Waals surface area contributed by atoms with Gasteiger partial charge in [0, 0.05) is 24.2 Å². The number of nitrogens with zero attached hydrogens (tertiary/aromatic N) is 2. The Morgan fingerprint density at radius 2 is 2.23 bits per heavy atom. The van der Waals surface area contributed by atoms with Crippen molar-refractivity contribution in [3.63, 3.8) is 0 Å². The predicted molar refractivity (Wildman–Crippen MR) is 101 cm³/mol. The fourth-order valence-corrected chi connectivity index (χ4v) is 4.44. The number of likely N-dealkylation sites (tertiary alicyclic amines) is 1. The molecule has 5 nitrogen and oxygen atoms in total. The third-order valence-electron chi connectivity index (χ3n) is 5.86. The van der Waals surface area contributed by atoms with Crippen LogP contribution in [0.3, 0.4) is 0 Å². The van der Waals surface area contributed by atoms with Gasteiger partial charge in [0.15, 0.2) is 0 Å². The Bertz CT molecular complexity index is 785. The van der Waals surface area contributed by atoms with Gasteiger partial charge < -0.3 is 9.64 Å². The third kappa shape index (κ3) is 3.00. The minimum Gasteiger partial charge on any atom is -0.493 e. The number of rotatable bonds is 5.